The van der Waals surface area contributed by atoms with Crippen molar-refractivity contribution in [1.82, 2.24) is 19.2 Å². The first-order chi connectivity index (χ1) is 14.5. The number of ether oxygens (including phenoxy) is 3. The van der Waals surface area contributed by atoms with Crippen molar-refractivity contribution < 1.29 is 14.2 Å². The molecule has 1 aromatic heterocycles. The third-order valence-corrected chi connectivity index (χ3v) is 5.54. The molecule has 1 aliphatic rings. The lowest BCUT2D eigenvalue weighted by Crippen LogP contribution is -2.28. The zero-order chi connectivity index (χ0) is 21.1. The van der Waals surface area contributed by atoms with Gasteiger partial charge in [0.25, 0.3) is 0 Å². The fraction of sp³-hybridized carbons (Fsp3) is 0.333. The predicted molar refractivity (Wildman–Crippen MR) is 117 cm³/mol. The van der Waals surface area contributed by atoms with Crippen molar-refractivity contribution in [1.29, 1.82) is 0 Å². The summed E-state index contributed by atoms with van der Waals surface area (Å²) in [4.78, 5) is 2.09. The Balaban J connectivity index is 1.37. The minimum Gasteiger partial charge on any atom is -0.492 e. The van der Waals surface area contributed by atoms with Crippen LogP contribution < -0.4 is 14.2 Å². The Kier molecular flexibility index (Phi) is 6.26. The Morgan fingerprint density at radius 2 is 1.93 bits per heavy atom. The molecule has 0 saturated carbocycles. The highest BCUT2D eigenvalue weighted by Gasteiger charge is 2.27. The Hall–Kier alpha value is -2.55. The first kappa shape index (κ1) is 20.7. The SMILES string of the molecule is CN(CCOc1ccc(Cl)cc1)Cn1nc(C2COc3ccccc3O2)n(C)c1=S. The molecule has 0 saturated heterocycles. The third kappa shape index (κ3) is 4.61. The minimum atomic E-state index is -0.314. The number of hydrogen-bond donors (Lipinski definition) is 0. The Bertz CT molecular complexity index is 1070. The van der Waals surface area contributed by atoms with Crippen LogP contribution in [0.4, 0.5) is 0 Å². The summed E-state index contributed by atoms with van der Waals surface area (Å²) >= 11 is 11.5. The topological polar surface area (TPSA) is 53.7 Å². The van der Waals surface area contributed by atoms with Crippen LogP contribution >= 0.6 is 23.8 Å². The molecule has 0 spiro atoms. The summed E-state index contributed by atoms with van der Waals surface area (Å²) in [7, 11) is 3.90. The van der Waals surface area contributed by atoms with Gasteiger partial charge in [0.1, 0.15) is 19.0 Å². The number of nitrogens with zero attached hydrogens (tertiary/aromatic N) is 4. The summed E-state index contributed by atoms with van der Waals surface area (Å²) in [5, 5.41) is 5.39. The number of halogens is 1. The minimum absolute atomic E-state index is 0.314. The summed E-state index contributed by atoms with van der Waals surface area (Å²) in [6, 6.07) is 15.0. The standard InChI is InChI=1S/C21H23ClN4O3S/c1-24(11-12-27-16-9-7-15(22)8-10-16)14-26-21(30)25(2)20(23-26)19-13-28-17-5-3-4-6-18(17)29-19/h3-10,19H,11-14H2,1-2H3. The molecule has 1 atom stereocenters. The van der Waals surface area contributed by atoms with E-state index < -0.39 is 0 Å². The molecule has 2 aromatic carbocycles. The van der Waals surface area contributed by atoms with Crippen molar-refractivity contribution in [3.63, 3.8) is 0 Å². The van der Waals surface area contributed by atoms with Crippen molar-refractivity contribution in [3.8, 4) is 17.2 Å². The number of aromatic nitrogens is 3. The monoisotopic (exact) mass is 446 g/mol. The van der Waals surface area contributed by atoms with Crippen molar-refractivity contribution >= 4 is 23.8 Å². The van der Waals surface area contributed by atoms with Crippen molar-refractivity contribution in [2.75, 3.05) is 26.8 Å². The van der Waals surface area contributed by atoms with E-state index in [-0.39, 0.29) is 6.10 Å². The van der Waals surface area contributed by atoms with Gasteiger partial charge < -0.3 is 18.8 Å². The highest BCUT2D eigenvalue weighted by Crippen LogP contribution is 2.35. The second kappa shape index (κ2) is 9.07. The molecule has 7 nitrogen and oxygen atoms in total. The highest BCUT2D eigenvalue weighted by molar-refractivity contribution is 7.71. The zero-order valence-electron chi connectivity index (χ0n) is 16.8. The van der Waals surface area contributed by atoms with Gasteiger partial charge in [-0.2, -0.15) is 5.10 Å². The molecule has 1 unspecified atom stereocenters. The Morgan fingerprint density at radius 1 is 1.20 bits per heavy atom. The normalized spacial score (nSPS) is 15.4. The maximum atomic E-state index is 6.08. The number of fused-ring (bicyclic) bond motifs is 1. The lowest BCUT2D eigenvalue weighted by atomic mass is 10.2. The molecule has 0 radical (unpaired) electrons. The van der Waals surface area contributed by atoms with Gasteiger partial charge in [-0.1, -0.05) is 23.7 Å². The lowest BCUT2D eigenvalue weighted by molar-refractivity contribution is 0.0821. The predicted octanol–water partition coefficient (Wildman–Crippen LogP) is 4.09. The molecule has 2 heterocycles. The van der Waals surface area contributed by atoms with E-state index in [9.17, 15) is 0 Å². The van der Waals surface area contributed by atoms with E-state index in [2.05, 4.69) is 4.90 Å². The van der Waals surface area contributed by atoms with Crippen molar-refractivity contribution in [2.45, 2.75) is 12.8 Å². The number of rotatable bonds is 7. The smallest absolute Gasteiger partial charge is 0.198 e. The average Bonchev–Trinajstić information content (AvgIpc) is 3.03. The second-order valence-corrected chi connectivity index (χ2v) is 7.89. The molecule has 9 heteroatoms. The zero-order valence-corrected chi connectivity index (χ0v) is 18.4. The van der Waals surface area contributed by atoms with Gasteiger partial charge in [-0.3, -0.25) is 4.90 Å². The van der Waals surface area contributed by atoms with E-state index in [1.807, 2.05) is 67.2 Å². The summed E-state index contributed by atoms with van der Waals surface area (Å²) in [5.74, 6) is 2.99. The van der Waals surface area contributed by atoms with Crippen LogP contribution in [-0.4, -0.2) is 46.1 Å². The molecule has 158 valence electrons. The molecule has 1 aliphatic heterocycles. The van der Waals surface area contributed by atoms with Crippen LogP contribution in [0.3, 0.4) is 0 Å². The molecule has 0 N–H and O–H groups in total. The average molecular weight is 447 g/mol. The van der Waals surface area contributed by atoms with Crippen LogP contribution in [0, 0.1) is 4.77 Å². The van der Waals surface area contributed by atoms with Crippen LogP contribution in [0.25, 0.3) is 0 Å². The van der Waals surface area contributed by atoms with Crippen LogP contribution in [-0.2, 0) is 13.7 Å². The van der Waals surface area contributed by atoms with Crippen LogP contribution in [0.1, 0.15) is 11.9 Å². The molecular weight excluding hydrogens is 424 g/mol. The van der Waals surface area contributed by atoms with Crippen LogP contribution in [0.5, 0.6) is 17.2 Å². The van der Waals surface area contributed by atoms with E-state index in [1.165, 1.54) is 0 Å². The number of benzene rings is 2. The molecule has 3 aromatic rings. The van der Waals surface area contributed by atoms with Crippen LogP contribution in [0.15, 0.2) is 48.5 Å². The van der Waals surface area contributed by atoms with Gasteiger partial charge in [0.2, 0.25) is 0 Å². The Labute approximate surface area is 185 Å². The third-order valence-electron chi connectivity index (χ3n) is 4.80. The molecule has 0 bridgehead atoms. The maximum Gasteiger partial charge on any atom is 0.198 e. The molecule has 0 fully saturated rings. The molecular formula is C21H23ClN4O3S. The first-order valence-corrected chi connectivity index (χ1v) is 10.4. The maximum absolute atomic E-state index is 6.08. The first-order valence-electron chi connectivity index (χ1n) is 9.60. The second-order valence-electron chi connectivity index (χ2n) is 7.09. The molecule has 30 heavy (non-hydrogen) atoms. The molecule has 0 amide bonds. The molecule has 0 aliphatic carbocycles. The van der Waals surface area contributed by atoms with Gasteiger partial charge in [-0.05, 0) is 55.7 Å². The van der Waals surface area contributed by atoms with Gasteiger partial charge in [0.05, 0.1) is 6.67 Å². The Morgan fingerprint density at radius 3 is 2.70 bits per heavy atom. The quantitative estimate of drug-likeness (QED) is 0.509. The summed E-state index contributed by atoms with van der Waals surface area (Å²) in [6.45, 7) is 2.19. The van der Waals surface area contributed by atoms with Crippen molar-refractivity contribution in [2.24, 2.45) is 7.05 Å². The van der Waals surface area contributed by atoms with Gasteiger partial charge in [-0.25, -0.2) is 4.68 Å². The summed E-state index contributed by atoms with van der Waals surface area (Å²) in [5.41, 5.74) is 0. The number of likely N-dealkylation sites (N-methyl/N-ethyl adjacent to an activating group) is 1. The van der Waals surface area contributed by atoms with Gasteiger partial charge in [0, 0.05) is 18.6 Å². The van der Waals surface area contributed by atoms with Gasteiger partial charge >= 0.3 is 0 Å². The lowest BCUT2D eigenvalue weighted by Gasteiger charge is -2.25. The fourth-order valence-electron chi connectivity index (χ4n) is 3.17. The van der Waals surface area contributed by atoms with Gasteiger partial charge in [0.15, 0.2) is 28.2 Å². The van der Waals surface area contributed by atoms with E-state index in [0.29, 0.717) is 42.0 Å². The van der Waals surface area contributed by atoms with Gasteiger partial charge in [-0.15, -0.1) is 0 Å². The fourth-order valence-corrected chi connectivity index (χ4v) is 3.49. The largest absolute Gasteiger partial charge is 0.492 e. The van der Waals surface area contributed by atoms with E-state index in [1.54, 1.807) is 4.68 Å². The van der Waals surface area contributed by atoms with E-state index in [0.717, 1.165) is 17.3 Å². The van der Waals surface area contributed by atoms with Crippen molar-refractivity contribution in [3.05, 3.63) is 64.1 Å². The number of para-hydroxylation sites is 2. The molecule has 4 rings (SSSR count). The number of hydrogen-bond acceptors (Lipinski definition) is 6. The van der Waals surface area contributed by atoms with E-state index >= 15 is 0 Å². The summed E-state index contributed by atoms with van der Waals surface area (Å²) < 4.78 is 21.9. The van der Waals surface area contributed by atoms with Crippen LogP contribution in [0.2, 0.25) is 5.02 Å². The highest BCUT2D eigenvalue weighted by atomic mass is 35.5. The summed E-state index contributed by atoms with van der Waals surface area (Å²) in [6.07, 6.45) is -0.314. The van der Waals surface area contributed by atoms with E-state index in [4.69, 9.17) is 43.1 Å².